The lowest BCUT2D eigenvalue weighted by Crippen LogP contribution is -2.31. The Bertz CT molecular complexity index is 1100. The van der Waals surface area contributed by atoms with Crippen molar-refractivity contribution in [1.82, 2.24) is 15.2 Å². The highest BCUT2D eigenvalue weighted by Gasteiger charge is 2.41. The number of rotatable bonds is 6. The summed E-state index contributed by atoms with van der Waals surface area (Å²) in [4.78, 5) is 18.2. The van der Waals surface area contributed by atoms with E-state index in [1.807, 2.05) is 60.4 Å². The van der Waals surface area contributed by atoms with Gasteiger partial charge in [0, 0.05) is 23.3 Å². The number of ether oxygens (including phenoxy) is 1. The normalized spacial score (nSPS) is 18.2. The summed E-state index contributed by atoms with van der Waals surface area (Å²) in [6.07, 6.45) is 1.96. The Morgan fingerprint density at radius 3 is 2.87 bits per heavy atom. The zero-order chi connectivity index (χ0) is 22.0. The summed E-state index contributed by atoms with van der Waals surface area (Å²) < 4.78 is 11.1. The van der Waals surface area contributed by atoms with Crippen molar-refractivity contribution >= 4 is 34.9 Å². The number of aromatic nitrogens is 1. The van der Waals surface area contributed by atoms with Crippen LogP contribution in [0.5, 0.6) is 0 Å². The number of thiocarbonyl (C=S) groups is 1. The van der Waals surface area contributed by atoms with E-state index in [-0.39, 0.29) is 24.5 Å². The molecule has 4 rings (SSSR count). The molecule has 0 saturated carbocycles. The zero-order valence-corrected chi connectivity index (χ0v) is 18.7. The number of esters is 1. The number of carbonyl (C=O) groups is 1. The molecule has 31 heavy (non-hydrogen) atoms. The van der Waals surface area contributed by atoms with E-state index in [2.05, 4.69) is 10.3 Å². The Hall–Kier alpha value is -2.90. The van der Waals surface area contributed by atoms with Gasteiger partial charge in [0.1, 0.15) is 17.6 Å². The molecule has 8 heteroatoms. The van der Waals surface area contributed by atoms with Gasteiger partial charge in [-0.05, 0) is 61.1 Å². The van der Waals surface area contributed by atoms with E-state index in [1.54, 1.807) is 6.20 Å². The summed E-state index contributed by atoms with van der Waals surface area (Å²) >= 11 is 11.8. The molecule has 1 aliphatic rings. The number of furan rings is 1. The van der Waals surface area contributed by atoms with Crippen LogP contribution in [0.3, 0.4) is 0 Å². The highest BCUT2D eigenvalue weighted by molar-refractivity contribution is 7.80. The molecule has 2 atom stereocenters. The molecule has 0 radical (unpaired) electrons. The van der Waals surface area contributed by atoms with Crippen LogP contribution in [0.15, 0.2) is 59.1 Å². The fourth-order valence-corrected chi connectivity index (χ4v) is 4.29. The number of carbonyl (C=O) groups excluding carboxylic acids is 1. The fraction of sp³-hybridized carbons (Fsp3) is 0.261. The minimum Gasteiger partial charge on any atom is -0.469 e. The summed E-state index contributed by atoms with van der Waals surface area (Å²) in [6, 6.07) is 14.9. The van der Waals surface area contributed by atoms with Crippen LogP contribution >= 0.6 is 23.8 Å². The summed E-state index contributed by atoms with van der Waals surface area (Å²) in [5.41, 5.74) is 2.84. The van der Waals surface area contributed by atoms with Gasteiger partial charge in [-0.3, -0.25) is 9.78 Å². The SMILES string of the molecule is COC(=O)CCN1C(=S)N[C@@H](c2ccccn2)[C@H]1c1ccc(-c2cc(Cl)ccc2C)o1. The van der Waals surface area contributed by atoms with Crippen LogP contribution in [-0.2, 0) is 9.53 Å². The van der Waals surface area contributed by atoms with Gasteiger partial charge in [-0.15, -0.1) is 0 Å². The molecule has 3 aromatic rings. The molecule has 0 spiro atoms. The Morgan fingerprint density at radius 1 is 1.29 bits per heavy atom. The second kappa shape index (κ2) is 9.08. The zero-order valence-electron chi connectivity index (χ0n) is 17.2. The molecule has 1 fully saturated rings. The molecule has 3 heterocycles. The Kier molecular flexibility index (Phi) is 6.25. The molecular weight excluding hydrogens is 434 g/mol. The molecule has 1 aromatic carbocycles. The predicted molar refractivity (Wildman–Crippen MR) is 123 cm³/mol. The second-order valence-electron chi connectivity index (χ2n) is 7.31. The third kappa shape index (κ3) is 4.43. The molecule has 1 saturated heterocycles. The first-order chi connectivity index (χ1) is 15.0. The smallest absolute Gasteiger partial charge is 0.307 e. The maximum atomic E-state index is 11.8. The first kappa shape index (κ1) is 21.3. The number of hydrogen-bond acceptors (Lipinski definition) is 5. The first-order valence-corrected chi connectivity index (χ1v) is 10.7. The molecule has 2 aromatic heterocycles. The summed E-state index contributed by atoms with van der Waals surface area (Å²) in [5.74, 6) is 1.15. The average molecular weight is 456 g/mol. The van der Waals surface area contributed by atoms with Gasteiger partial charge >= 0.3 is 5.97 Å². The quantitative estimate of drug-likeness (QED) is 0.421. The number of aryl methyl sites for hydroxylation is 1. The maximum absolute atomic E-state index is 11.8. The first-order valence-electron chi connectivity index (χ1n) is 9.89. The van der Waals surface area contributed by atoms with Gasteiger partial charge in [0.15, 0.2) is 5.11 Å². The van der Waals surface area contributed by atoms with Gasteiger partial charge < -0.3 is 19.4 Å². The van der Waals surface area contributed by atoms with E-state index in [0.29, 0.717) is 16.7 Å². The Labute approximate surface area is 191 Å². The number of benzene rings is 1. The average Bonchev–Trinajstić information content (AvgIpc) is 3.38. The molecule has 160 valence electrons. The Morgan fingerprint density at radius 2 is 2.13 bits per heavy atom. The van der Waals surface area contributed by atoms with Gasteiger partial charge in [-0.2, -0.15) is 0 Å². The monoisotopic (exact) mass is 455 g/mol. The second-order valence-corrected chi connectivity index (χ2v) is 8.13. The summed E-state index contributed by atoms with van der Waals surface area (Å²) in [6.45, 7) is 2.41. The number of nitrogens with one attached hydrogen (secondary N) is 1. The number of nitrogens with zero attached hydrogens (tertiary/aromatic N) is 2. The van der Waals surface area contributed by atoms with Gasteiger partial charge in [-0.1, -0.05) is 23.7 Å². The summed E-state index contributed by atoms with van der Waals surface area (Å²) in [7, 11) is 1.38. The largest absolute Gasteiger partial charge is 0.469 e. The molecule has 6 nitrogen and oxygen atoms in total. The van der Waals surface area contributed by atoms with Crippen molar-refractivity contribution in [2.45, 2.75) is 25.4 Å². The highest BCUT2D eigenvalue weighted by atomic mass is 35.5. The van der Waals surface area contributed by atoms with Crippen LogP contribution in [0.4, 0.5) is 0 Å². The lowest BCUT2D eigenvalue weighted by molar-refractivity contribution is -0.140. The number of methoxy groups -OCH3 is 1. The predicted octanol–water partition coefficient (Wildman–Crippen LogP) is 4.84. The lowest BCUT2D eigenvalue weighted by atomic mass is 10.0. The molecule has 0 unspecified atom stereocenters. The van der Waals surface area contributed by atoms with Crippen LogP contribution in [0, 0.1) is 6.92 Å². The maximum Gasteiger partial charge on any atom is 0.307 e. The van der Waals surface area contributed by atoms with Crippen LogP contribution < -0.4 is 5.32 Å². The number of halogens is 1. The van der Waals surface area contributed by atoms with E-state index in [1.165, 1.54) is 7.11 Å². The molecule has 1 N–H and O–H groups in total. The standard InChI is InChI=1S/C23H22ClN3O3S/c1-14-6-7-15(24)13-16(14)18-8-9-19(30-18)22-21(17-5-3-4-11-25-17)26-23(31)27(22)12-10-20(28)29-2/h3-9,11,13,21-22H,10,12H2,1-2H3,(H,26,31)/t21-,22+/m0/s1. The molecule has 1 aliphatic heterocycles. The van der Waals surface area contributed by atoms with Crippen molar-refractivity contribution in [2.75, 3.05) is 13.7 Å². The molecular formula is C23H22ClN3O3S. The van der Waals surface area contributed by atoms with Crippen molar-refractivity contribution in [3.05, 3.63) is 76.8 Å². The van der Waals surface area contributed by atoms with Crippen molar-refractivity contribution in [3.8, 4) is 11.3 Å². The van der Waals surface area contributed by atoms with Gasteiger partial charge in [-0.25, -0.2) is 0 Å². The summed E-state index contributed by atoms with van der Waals surface area (Å²) in [5, 5.41) is 4.53. The topological polar surface area (TPSA) is 67.6 Å². The van der Waals surface area contributed by atoms with Gasteiger partial charge in [0.2, 0.25) is 0 Å². The fourth-order valence-electron chi connectivity index (χ4n) is 3.79. The third-order valence-electron chi connectivity index (χ3n) is 5.37. The minimum absolute atomic E-state index is 0.213. The van der Waals surface area contributed by atoms with Crippen LogP contribution in [0.1, 0.15) is 35.5 Å². The number of pyridine rings is 1. The van der Waals surface area contributed by atoms with Gasteiger partial charge in [0.05, 0.1) is 25.3 Å². The van der Waals surface area contributed by atoms with E-state index in [0.717, 1.165) is 28.3 Å². The third-order valence-corrected chi connectivity index (χ3v) is 5.95. The highest BCUT2D eigenvalue weighted by Crippen LogP contribution is 2.41. The molecule has 0 amide bonds. The molecule has 0 bridgehead atoms. The van der Waals surface area contributed by atoms with E-state index in [4.69, 9.17) is 33.0 Å². The van der Waals surface area contributed by atoms with E-state index in [9.17, 15) is 4.79 Å². The van der Waals surface area contributed by atoms with Gasteiger partial charge in [0.25, 0.3) is 0 Å². The van der Waals surface area contributed by atoms with E-state index >= 15 is 0 Å². The van der Waals surface area contributed by atoms with Crippen LogP contribution in [0.2, 0.25) is 5.02 Å². The van der Waals surface area contributed by atoms with Crippen molar-refractivity contribution in [3.63, 3.8) is 0 Å². The number of hydrogen-bond donors (Lipinski definition) is 1. The van der Waals surface area contributed by atoms with Crippen molar-refractivity contribution in [1.29, 1.82) is 0 Å². The minimum atomic E-state index is -0.294. The van der Waals surface area contributed by atoms with Crippen LogP contribution in [0.25, 0.3) is 11.3 Å². The molecule has 0 aliphatic carbocycles. The lowest BCUT2D eigenvalue weighted by Gasteiger charge is -2.25. The van der Waals surface area contributed by atoms with Crippen LogP contribution in [-0.4, -0.2) is 34.6 Å². The van der Waals surface area contributed by atoms with Crippen molar-refractivity contribution < 1.29 is 13.9 Å². The van der Waals surface area contributed by atoms with Crippen molar-refractivity contribution in [2.24, 2.45) is 0 Å². The Balaban J connectivity index is 1.71. The van der Waals surface area contributed by atoms with E-state index < -0.39 is 0 Å².